The Morgan fingerprint density at radius 2 is 1.95 bits per heavy atom. The van der Waals surface area contributed by atoms with Crippen LogP contribution in [0.2, 0.25) is 0 Å². The first-order valence-corrected chi connectivity index (χ1v) is 6.81. The number of hydrogen-bond donors (Lipinski definition) is 1. The van der Waals surface area contributed by atoms with Crippen molar-refractivity contribution < 1.29 is 9.18 Å². The molecule has 0 saturated carbocycles. The van der Waals surface area contributed by atoms with Gasteiger partial charge in [0.25, 0.3) is 5.91 Å². The van der Waals surface area contributed by atoms with Crippen molar-refractivity contribution >= 4 is 40.8 Å². The lowest BCUT2D eigenvalue weighted by Gasteiger charge is -2.12. The quantitative estimate of drug-likeness (QED) is 0.841. The number of aryl methyl sites for hydroxylation is 1. The van der Waals surface area contributed by atoms with Gasteiger partial charge in [0.15, 0.2) is 0 Å². The third-order valence-corrected chi connectivity index (χ3v) is 3.59. The Kier molecular flexibility index (Phi) is 4.28. The third-order valence-electron chi connectivity index (χ3n) is 3.10. The zero-order valence-corrected chi connectivity index (χ0v) is 12.7. The monoisotopic (exact) mass is 331 g/mol. The molecule has 0 unspecified atom stereocenters. The molecule has 0 atom stereocenters. The number of hydrogen-bond acceptors (Lipinski definition) is 1. The zero-order chi connectivity index (χ0) is 14.9. The smallest absolute Gasteiger partial charge is 0.255 e. The highest BCUT2D eigenvalue weighted by Gasteiger charge is 2.13. The second-order valence-electron chi connectivity index (χ2n) is 4.55. The Morgan fingerprint density at radius 1 is 1.25 bits per heavy atom. The van der Waals surface area contributed by atoms with Crippen LogP contribution in [0.25, 0.3) is 0 Å². The van der Waals surface area contributed by atoms with Gasteiger partial charge in [-0.1, -0.05) is 27.5 Å². The van der Waals surface area contributed by atoms with Crippen LogP contribution in [0, 0.1) is 19.7 Å². The van der Waals surface area contributed by atoms with Crippen LogP contribution >= 0.6 is 15.9 Å². The molecule has 100 valence electrons. The Morgan fingerprint density at radius 3 is 2.60 bits per heavy atom. The molecule has 0 aromatic heterocycles. The minimum atomic E-state index is -0.504. The minimum absolute atomic E-state index is 0.0697. The van der Waals surface area contributed by atoms with Crippen LogP contribution in [0.5, 0.6) is 0 Å². The molecule has 20 heavy (non-hydrogen) atoms. The van der Waals surface area contributed by atoms with Gasteiger partial charge in [-0.25, -0.2) is 4.39 Å². The Labute approximate surface area is 126 Å². The van der Waals surface area contributed by atoms with E-state index in [9.17, 15) is 9.18 Å². The summed E-state index contributed by atoms with van der Waals surface area (Å²) >= 11 is 3.35. The highest BCUT2D eigenvalue weighted by Crippen LogP contribution is 2.20. The van der Waals surface area contributed by atoms with Crippen LogP contribution in [-0.2, 0) is 0 Å². The molecule has 0 spiro atoms. The fourth-order valence-electron chi connectivity index (χ4n) is 1.91. The summed E-state index contributed by atoms with van der Waals surface area (Å²) in [6.07, 6.45) is 0. The van der Waals surface area contributed by atoms with Gasteiger partial charge >= 0.3 is 0 Å². The van der Waals surface area contributed by atoms with Crippen LogP contribution in [0.3, 0.4) is 0 Å². The number of anilines is 1. The van der Waals surface area contributed by atoms with Gasteiger partial charge < -0.3 is 5.32 Å². The maximum atomic E-state index is 13.7. The SMILES string of the molecule is [B]c1ccc(NC(=O)c2ccc(Br)cc2C)c(C)c1F. The van der Waals surface area contributed by atoms with Crippen LogP contribution in [0.15, 0.2) is 34.8 Å². The summed E-state index contributed by atoms with van der Waals surface area (Å²) in [4.78, 5) is 12.2. The van der Waals surface area contributed by atoms with Gasteiger partial charge in [0.1, 0.15) is 13.7 Å². The average Bonchev–Trinajstić information content (AvgIpc) is 2.39. The Hall–Kier alpha value is -1.62. The van der Waals surface area contributed by atoms with E-state index in [-0.39, 0.29) is 11.4 Å². The number of carbonyl (C=O) groups is 1. The summed E-state index contributed by atoms with van der Waals surface area (Å²) in [5, 5.41) is 2.71. The second kappa shape index (κ2) is 5.79. The molecular formula is C15H12BBrFNO. The van der Waals surface area contributed by atoms with Crippen molar-refractivity contribution in [1.82, 2.24) is 0 Å². The van der Waals surface area contributed by atoms with Crippen molar-refractivity contribution in [3.8, 4) is 0 Å². The van der Waals surface area contributed by atoms with E-state index in [2.05, 4.69) is 21.2 Å². The van der Waals surface area contributed by atoms with Crippen molar-refractivity contribution in [1.29, 1.82) is 0 Å². The maximum absolute atomic E-state index is 13.7. The Balaban J connectivity index is 2.30. The molecule has 0 aliphatic rings. The molecule has 0 saturated heterocycles. The van der Waals surface area contributed by atoms with E-state index in [0.29, 0.717) is 16.8 Å². The summed E-state index contributed by atoms with van der Waals surface area (Å²) < 4.78 is 14.6. The van der Waals surface area contributed by atoms with Crippen molar-refractivity contribution in [2.75, 3.05) is 5.32 Å². The molecule has 2 nitrogen and oxygen atoms in total. The summed E-state index contributed by atoms with van der Waals surface area (Å²) in [5.41, 5.74) is 2.20. The molecule has 0 bridgehead atoms. The number of halogens is 2. The van der Waals surface area contributed by atoms with Gasteiger partial charge in [0, 0.05) is 21.3 Å². The lowest BCUT2D eigenvalue weighted by Crippen LogP contribution is -2.17. The minimum Gasteiger partial charge on any atom is -0.322 e. The first-order valence-electron chi connectivity index (χ1n) is 6.02. The molecule has 0 heterocycles. The first-order chi connectivity index (χ1) is 9.40. The van der Waals surface area contributed by atoms with E-state index in [0.717, 1.165) is 10.0 Å². The predicted molar refractivity (Wildman–Crippen MR) is 83.4 cm³/mol. The number of carbonyl (C=O) groups excluding carboxylic acids is 1. The second-order valence-corrected chi connectivity index (χ2v) is 5.47. The van der Waals surface area contributed by atoms with Gasteiger partial charge in [-0.3, -0.25) is 4.79 Å². The summed E-state index contributed by atoms with van der Waals surface area (Å²) in [5.74, 6) is -0.780. The highest BCUT2D eigenvalue weighted by atomic mass is 79.9. The van der Waals surface area contributed by atoms with Gasteiger partial charge in [-0.2, -0.15) is 0 Å². The molecule has 5 heteroatoms. The molecule has 0 aliphatic carbocycles. The molecule has 0 aliphatic heterocycles. The molecule has 2 aromatic carbocycles. The van der Waals surface area contributed by atoms with Gasteiger partial charge in [0.2, 0.25) is 0 Å². The van der Waals surface area contributed by atoms with Crippen molar-refractivity contribution in [3.05, 3.63) is 57.3 Å². The van der Waals surface area contributed by atoms with E-state index in [1.54, 1.807) is 25.1 Å². The van der Waals surface area contributed by atoms with Crippen molar-refractivity contribution in [3.63, 3.8) is 0 Å². The number of rotatable bonds is 2. The summed E-state index contributed by atoms with van der Waals surface area (Å²) in [7, 11) is 5.48. The van der Waals surface area contributed by atoms with E-state index in [1.165, 1.54) is 6.07 Å². The van der Waals surface area contributed by atoms with Gasteiger partial charge in [0.05, 0.1) is 0 Å². The molecule has 2 rings (SSSR count). The summed E-state index contributed by atoms with van der Waals surface area (Å²) in [6.45, 7) is 3.42. The van der Waals surface area contributed by atoms with Crippen LogP contribution in [0.1, 0.15) is 21.5 Å². The van der Waals surface area contributed by atoms with E-state index in [1.807, 2.05) is 13.0 Å². The Bertz CT molecular complexity index is 688. The number of benzene rings is 2. The van der Waals surface area contributed by atoms with E-state index < -0.39 is 5.82 Å². The molecule has 2 radical (unpaired) electrons. The largest absolute Gasteiger partial charge is 0.322 e. The molecule has 1 N–H and O–H groups in total. The van der Waals surface area contributed by atoms with Gasteiger partial charge in [-0.15, -0.1) is 0 Å². The number of nitrogens with one attached hydrogen (secondary N) is 1. The molecule has 0 fully saturated rings. The van der Waals surface area contributed by atoms with Crippen molar-refractivity contribution in [2.45, 2.75) is 13.8 Å². The first kappa shape index (κ1) is 14.8. The normalized spacial score (nSPS) is 10.4. The molecular weight excluding hydrogens is 320 g/mol. The molecule has 2 aromatic rings. The predicted octanol–water partition coefficient (Wildman–Crippen LogP) is 3.25. The zero-order valence-electron chi connectivity index (χ0n) is 11.1. The van der Waals surface area contributed by atoms with Crippen LogP contribution in [-0.4, -0.2) is 13.8 Å². The van der Waals surface area contributed by atoms with Gasteiger partial charge in [-0.05, 0) is 43.7 Å². The van der Waals surface area contributed by atoms with Crippen molar-refractivity contribution in [2.24, 2.45) is 0 Å². The lowest BCUT2D eigenvalue weighted by molar-refractivity contribution is 0.102. The van der Waals surface area contributed by atoms with Crippen LogP contribution < -0.4 is 10.8 Å². The topological polar surface area (TPSA) is 29.1 Å². The maximum Gasteiger partial charge on any atom is 0.255 e. The fraction of sp³-hybridized carbons (Fsp3) is 0.133. The fourth-order valence-corrected chi connectivity index (χ4v) is 2.39. The van der Waals surface area contributed by atoms with E-state index in [4.69, 9.17) is 7.85 Å². The summed E-state index contributed by atoms with van der Waals surface area (Å²) in [6, 6.07) is 8.40. The third kappa shape index (κ3) is 2.93. The molecule has 1 amide bonds. The van der Waals surface area contributed by atoms with Crippen LogP contribution in [0.4, 0.5) is 10.1 Å². The van der Waals surface area contributed by atoms with E-state index >= 15 is 0 Å². The average molecular weight is 332 g/mol. The lowest BCUT2D eigenvalue weighted by atomic mass is 9.93. The standard InChI is InChI=1S/C15H12BBrFNO/c1-8-7-10(17)3-4-11(8)15(20)19-13-6-5-12(16)14(18)9(13)2/h3-7H,1-2H3,(H,19,20). The number of amides is 1. The highest BCUT2D eigenvalue weighted by molar-refractivity contribution is 9.10.